The molecular formula is C18H16FN. The van der Waals surface area contributed by atoms with Crippen LogP contribution < -0.4 is 5.32 Å². The second kappa shape index (κ2) is 5.43. The summed E-state index contributed by atoms with van der Waals surface area (Å²) < 4.78 is 12.9. The van der Waals surface area contributed by atoms with Crippen molar-refractivity contribution >= 4 is 6.08 Å². The first-order valence-electron chi connectivity index (χ1n) is 6.68. The Morgan fingerprint density at radius 3 is 2.05 bits per heavy atom. The molecule has 0 spiro atoms. The molecule has 0 saturated carbocycles. The van der Waals surface area contributed by atoms with Crippen LogP contribution in [-0.2, 0) is 0 Å². The van der Waals surface area contributed by atoms with E-state index in [2.05, 4.69) is 42.2 Å². The first-order chi connectivity index (χ1) is 9.72. The van der Waals surface area contributed by atoms with Gasteiger partial charge < -0.3 is 5.32 Å². The molecule has 0 radical (unpaired) electrons. The van der Waals surface area contributed by atoms with Crippen LogP contribution in [0.3, 0.4) is 0 Å². The summed E-state index contributed by atoms with van der Waals surface area (Å²) in [6.45, 7) is 5.80. The first-order valence-corrected chi connectivity index (χ1v) is 6.68. The van der Waals surface area contributed by atoms with Crippen molar-refractivity contribution in [2.45, 2.75) is 0 Å². The smallest absolute Gasteiger partial charge is 0.123 e. The molecule has 0 unspecified atom stereocenters. The summed E-state index contributed by atoms with van der Waals surface area (Å²) in [6, 6.07) is 14.8. The van der Waals surface area contributed by atoms with Crippen LogP contribution in [0.1, 0.15) is 5.56 Å². The fraction of sp³-hybridized carbons (Fsp3) is 0.111. The lowest BCUT2D eigenvalue weighted by Crippen LogP contribution is -2.04. The van der Waals surface area contributed by atoms with E-state index in [1.165, 1.54) is 17.7 Å². The van der Waals surface area contributed by atoms with Crippen LogP contribution in [0.4, 0.5) is 4.39 Å². The van der Waals surface area contributed by atoms with Crippen molar-refractivity contribution in [1.82, 2.24) is 5.32 Å². The highest BCUT2D eigenvalue weighted by atomic mass is 19.1. The van der Waals surface area contributed by atoms with Crippen LogP contribution in [0.25, 0.3) is 17.2 Å². The van der Waals surface area contributed by atoms with Crippen molar-refractivity contribution in [3.63, 3.8) is 0 Å². The second-order valence-corrected chi connectivity index (χ2v) is 5.01. The topological polar surface area (TPSA) is 12.0 Å². The Hall–Kier alpha value is -2.19. The Morgan fingerprint density at radius 1 is 0.900 bits per heavy atom. The SMILES string of the molecule is C=C1CNCC1=Cc1ccc(-c2ccc(F)cc2)cc1. The third-order valence-corrected chi connectivity index (χ3v) is 3.54. The number of hydrogen-bond acceptors (Lipinski definition) is 1. The molecular weight excluding hydrogens is 249 g/mol. The van der Waals surface area contributed by atoms with Crippen molar-refractivity contribution in [3.8, 4) is 11.1 Å². The van der Waals surface area contributed by atoms with Gasteiger partial charge in [0.1, 0.15) is 5.82 Å². The second-order valence-electron chi connectivity index (χ2n) is 5.01. The molecule has 0 bridgehead atoms. The van der Waals surface area contributed by atoms with E-state index in [1.54, 1.807) is 12.1 Å². The van der Waals surface area contributed by atoms with Crippen LogP contribution in [0.5, 0.6) is 0 Å². The Morgan fingerprint density at radius 2 is 1.50 bits per heavy atom. The van der Waals surface area contributed by atoms with Crippen molar-refractivity contribution in [3.05, 3.63) is 77.6 Å². The van der Waals surface area contributed by atoms with E-state index in [0.717, 1.165) is 35.4 Å². The average Bonchev–Trinajstić information content (AvgIpc) is 2.86. The van der Waals surface area contributed by atoms with Crippen LogP contribution in [0.2, 0.25) is 0 Å². The molecule has 0 aromatic heterocycles. The zero-order valence-corrected chi connectivity index (χ0v) is 11.2. The van der Waals surface area contributed by atoms with Gasteiger partial charge >= 0.3 is 0 Å². The maximum Gasteiger partial charge on any atom is 0.123 e. The van der Waals surface area contributed by atoms with E-state index in [0.29, 0.717) is 0 Å². The minimum atomic E-state index is -0.206. The van der Waals surface area contributed by atoms with Crippen LogP contribution in [0, 0.1) is 5.82 Å². The molecule has 2 aromatic rings. The van der Waals surface area contributed by atoms with Gasteiger partial charge in [0, 0.05) is 13.1 Å². The predicted octanol–water partition coefficient (Wildman–Crippen LogP) is 4.04. The standard InChI is InChI=1S/C18H16FN/c1-13-11-20-12-17(13)10-14-2-4-15(5-3-14)16-6-8-18(19)9-7-16/h2-10,20H,1,11-12H2. The van der Waals surface area contributed by atoms with Crippen LogP contribution in [-0.4, -0.2) is 13.1 Å². The molecule has 1 aliphatic heterocycles. The van der Waals surface area contributed by atoms with Gasteiger partial charge in [0.05, 0.1) is 0 Å². The van der Waals surface area contributed by atoms with Gasteiger partial charge in [-0.25, -0.2) is 4.39 Å². The van der Waals surface area contributed by atoms with Gasteiger partial charge in [-0.15, -0.1) is 0 Å². The van der Waals surface area contributed by atoms with Crippen molar-refractivity contribution < 1.29 is 4.39 Å². The lowest BCUT2D eigenvalue weighted by Gasteiger charge is -2.03. The molecule has 1 aliphatic rings. The maximum absolute atomic E-state index is 12.9. The highest BCUT2D eigenvalue weighted by molar-refractivity contribution is 5.67. The maximum atomic E-state index is 12.9. The molecule has 1 heterocycles. The Kier molecular flexibility index (Phi) is 3.48. The minimum absolute atomic E-state index is 0.206. The molecule has 0 amide bonds. The molecule has 0 atom stereocenters. The third kappa shape index (κ3) is 2.70. The minimum Gasteiger partial charge on any atom is -0.309 e. The summed E-state index contributed by atoms with van der Waals surface area (Å²) in [5.41, 5.74) is 5.70. The van der Waals surface area contributed by atoms with Crippen LogP contribution in [0.15, 0.2) is 66.3 Å². The number of halogens is 1. The molecule has 20 heavy (non-hydrogen) atoms. The van der Waals surface area contributed by atoms with E-state index in [9.17, 15) is 4.39 Å². The lowest BCUT2D eigenvalue weighted by molar-refractivity contribution is 0.628. The van der Waals surface area contributed by atoms with Gasteiger partial charge in [-0.05, 0) is 40.0 Å². The van der Waals surface area contributed by atoms with E-state index in [1.807, 2.05) is 0 Å². The summed E-state index contributed by atoms with van der Waals surface area (Å²) in [6.07, 6.45) is 2.16. The molecule has 1 fully saturated rings. The van der Waals surface area contributed by atoms with E-state index < -0.39 is 0 Å². The molecule has 2 heteroatoms. The van der Waals surface area contributed by atoms with Gasteiger partial charge in [0.25, 0.3) is 0 Å². The first kappa shape index (κ1) is 12.8. The van der Waals surface area contributed by atoms with Gasteiger partial charge in [0.2, 0.25) is 0 Å². The monoisotopic (exact) mass is 265 g/mol. The zero-order valence-electron chi connectivity index (χ0n) is 11.2. The molecule has 1 saturated heterocycles. The Balaban J connectivity index is 1.84. The summed E-state index contributed by atoms with van der Waals surface area (Å²) in [5, 5.41) is 3.28. The number of benzene rings is 2. The fourth-order valence-electron chi connectivity index (χ4n) is 2.35. The van der Waals surface area contributed by atoms with Crippen molar-refractivity contribution in [2.75, 3.05) is 13.1 Å². The molecule has 1 N–H and O–H groups in total. The van der Waals surface area contributed by atoms with Gasteiger partial charge in [-0.2, -0.15) is 0 Å². The number of nitrogens with one attached hydrogen (secondary N) is 1. The highest BCUT2D eigenvalue weighted by Crippen LogP contribution is 2.22. The number of hydrogen-bond donors (Lipinski definition) is 1. The van der Waals surface area contributed by atoms with E-state index in [4.69, 9.17) is 0 Å². The Bertz CT molecular complexity index is 651. The van der Waals surface area contributed by atoms with E-state index >= 15 is 0 Å². The Labute approximate surface area is 118 Å². The van der Waals surface area contributed by atoms with Crippen molar-refractivity contribution in [2.24, 2.45) is 0 Å². The molecule has 0 aliphatic carbocycles. The van der Waals surface area contributed by atoms with E-state index in [-0.39, 0.29) is 5.82 Å². The van der Waals surface area contributed by atoms with Gasteiger partial charge in [-0.3, -0.25) is 0 Å². The van der Waals surface area contributed by atoms with Gasteiger partial charge in [0.15, 0.2) is 0 Å². The molecule has 3 rings (SSSR count). The molecule has 1 nitrogen and oxygen atoms in total. The zero-order chi connectivity index (χ0) is 13.9. The summed E-state index contributed by atoms with van der Waals surface area (Å²) >= 11 is 0. The largest absolute Gasteiger partial charge is 0.309 e. The fourth-order valence-corrected chi connectivity index (χ4v) is 2.35. The quantitative estimate of drug-likeness (QED) is 0.864. The number of rotatable bonds is 2. The normalized spacial score (nSPS) is 16.9. The summed E-state index contributed by atoms with van der Waals surface area (Å²) in [7, 11) is 0. The highest BCUT2D eigenvalue weighted by Gasteiger charge is 2.09. The summed E-state index contributed by atoms with van der Waals surface area (Å²) in [5.74, 6) is -0.206. The van der Waals surface area contributed by atoms with Crippen molar-refractivity contribution in [1.29, 1.82) is 0 Å². The predicted molar refractivity (Wildman–Crippen MR) is 81.8 cm³/mol. The lowest BCUT2D eigenvalue weighted by atomic mass is 10.0. The average molecular weight is 265 g/mol. The molecule has 2 aromatic carbocycles. The van der Waals surface area contributed by atoms with Gasteiger partial charge in [-0.1, -0.05) is 49.1 Å². The third-order valence-electron chi connectivity index (χ3n) is 3.54. The summed E-state index contributed by atoms with van der Waals surface area (Å²) in [4.78, 5) is 0. The van der Waals surface area contributed by atoms with Crippen LogP contribution >= 0.6 is 0 Å². The molecule has 100 valence electrons.